The van der Waals surface area contributed by atoms with Crippen LogP contribution in [0, 0.1) is 0 Å². The molecule has 1 saturated carbocycles. The number of rotatable bonds is 4. The minimum Gasteiger partial charge on any atom is -0.479 e. The summed E-state index contributed by atoms with van der Waals surface area (Å²) in [4.78, 5) is 30.5. The van der Waals surface area contributed by atoms with E-state index in [4.69, 9.17) is 26.1 Å². The van der Waals surface area contributed by atoms with Gasteiger partial charge in [-0.3, -0.25) is 4.57 Å². The second-order valence-electron chi connectivity index (χ2n) is 5.77. The van der Waals surface area contributed by atoms with Gasteiger partial charge in [0.25, 0.3) is 0 Å². The first-order valence-electron chi connectivity index (χ1n) is 6.92. The molecule has 2 atom stereocenters. The lowest BCUT2D eigenvalue weighted by Gasteiger charge is -2.23. The Labute approximate surface area is 136 Å². The van der Waals surface area contributed by atoms with Crippen LogP contribution in [0.25, 0.3) is 11.2 Å². The van der Waals surface area contributed by atoms with Crippen molar-refractivity contribution in [2.45, 2.75) is 30.9 Å². The molecule has 0 saturated heterocycles. The second kappa shape index (κ2) is 5.68. The Bertz CT molecular complexity index is 793. The van der Waals surface area contributed by atoms with Crippen LogP contribution in [0.3, 0.4) is 0 Å². The van der Waals surface area contributed by atoms with Gasteiger partial charge in [0.15, 0.2) is 11.2 Å². The van der Waals surface area contributed by atoms with Gasteiger partial charge in [-0.15, -0.1) is 0 Å². The monoisotopic (exact) mass is 362 g/mol. The highest BCUT2D eigenvalue weighted by atomic mass is 35.5. The number of hydrogen-bond acceptors (Lipinski definition) is 6. The Morgan fingerprint density at radius 1 is 1.52 bits per heavy atom. The summed E-state index contributed by atoms with van der Waals surface area (Å²) < 4.78 is 18.1. The van der Waals surface area contributed by atoms with Crippen molar-refractivity contribution in [3.05, 3.63) is 11.6 Å². The summed E-state index contributed by atoms with van der Waals surface area (Å²) in [5.74, 6) is 0.252. The van der Waals surface area contributed by atoms with Crippen molar-refractivity contribution in [1.82, 2.24) is 19.5 Å². The van der Waals surface area contributed by atoms with Crippen LogP contribution in [0.15, 0.2) is 6.33 Å². The lowest BCUT2D eigenvalue weighted by atomic mass is 10.1. The van der Waals surface area contributed by atoms with Crippen LogP contribution in [0.1, 0.15) is 25.3 Å². The third-order valence-corrected chi connectivity index (χ3v) is 5.18. The number of nitrogens with zero attached hydrogens (tertiary/aromatic N) is 4. The van der Waals surface area contributed by atoms with E-state index in [1.807, 2.05) is 0 Å². The average Bonchev–Trinajstić information content (AvgIpc) is 2.99. The van der Waals surface area contributed by atoms with E-state index in [1.54, 1.807) is 10.9 Å². The Hall–Kier alpha value is -1.25. The number of methoxy groups -OCH3 is 1. The highest BCUT2D eigenvalue weighted by Gasteiger charge is 2.43. The molecular formula is C12H16ClN4O5P. The van der Waals surface area contributed by atoms with E-state index in [0.717, 1.165) is 0 Å². The average molecular weight is 363 g/mol. The summed E-state index contributed by atoms with van der Waals surface area (Å²) in [6.45, 7) is 0. The third kappa shape index (κ3) is 3.34. The van der Waals surface area contributed by atoms with Crippen molar-refractivity contribution in [2.75, 3.05) is 13.3 Å². The predicted octanol–water partition coefficient (Wildman–Crippen LogP) is 1.12. The van der Waals surface area contributed by atoms with Gasteiger partial charge in [-0.05, 0) is 30.9 Å². The molecule has 3 rings (SSSR count). The minimum atomic E-state index is -4.29. The normalized spacial score (nSPS) is 25.2. The molecule has 2 aromatic heterocycles. The molecule has 0 spiro atoms. The molecule has 0 amide bonds. The van der Waals surface area contributed by atoms with Gasteiger partial charge in [0.05, 0.1) is 25.2 Å². The van der Waals surface area contributed by atoms with Crippen LogP contribution in [-0.2, 0) is 4.57 Å². The van der Waals surface area contributed by atoms with Crippen LogP contribution < -0.4 is 4.74 Å². The highest BCUT2D eigenvalue weighted by Crippen LogP contribution is 2.47. The van der Waals surface area contributed by atoms with E-state index in [2.05, 4.69) is 15.0 Å². The molecule has 0 bridgehead atoms. The lowest BCUT2D eigenvalue weighted by molar-refractivity contribution is 0.0625. The largest absolute Gasteiger partial charge is 0.479 e. The Balaban J connectivity index is 1.93. The van der Waals surface area contributed by atoms with Crippen LogP contribution in [0.2, 0.25) is 5.28 Å². The van der Waals surface area contributed by atoms with E-state index in [-0.39, 0.29) is 23.6 Å². The standard InChI is InChI=1S/C12H16ClN4O5P/c1-22-10-8-9(15-11(13)16-10)17(6-14-8)7-2-3-12(18,4-7)5-23(19,20)21/h6-7,18H,2-5H2,1H3,(H2,19,20,21)/t7-,12-/m0/s1. The minimum absolute atomic E-state index is 0.0135. The van der Waals surface area contributed by atoms with E-state index < -0.39 is 19.4 Å². The summed E-state index contributed by atoms with van der Waals surface area (Å²) in [7, 11) is -2.84. The first-order valence-corrected chi connectivity index (χ1v) is 9.09. The maximum Gasteiger partial charge on any atom is 0.328 e. The zero-order chi connectivity index (χ0) is 16.8. The van der Waals surface area contributed by atoms with Gasteiger partial charge in [0, 0.05) is 6.04 Å². The molecule has 2 heterocycles. The van der Waals surface area contributed by atoms with Crippen molar-refractivity contribution in [3.63, 3.8) is 0 Å². The summed E-state index contributed by atoms with van der Waals surface area (Å²) in [6, 6.07) is -0.188. The molecule has 0 radical (unpaired) electrons. The molecule has 1 aliphatic rings. The van der Waals surface area contributed by atoms with Crippen molar-refractivity contribution in [1.29, 1.82) is 0 Å². The number of halogens is 1. The van der Waals surface area contributed by atoms with Gasteiger partial charge in [0.1, 0.15) is 0 Å². The fourth-order valence-electron chi connectivity index (χ4n) is 3.12. The number of aromatic nitrogens is 4. The zero-order valence-electron chi connectivity index (χ0n) is 12.3. The SMILES string of the molecule is COc1nc(Cl)nc2c1ncn2[C@H]1CC[C@@](O)(CP(=O)(O)O)C1. The molecule has 11 heteroatoms. The molecule has 0 aromatic carbocycles. The number of aliphatic hydroxyl groups is 1. The maximum absolute atomic E-state index is 11.2. The summed E-state index contributed by atoms with van der Waals surface area (Å²) in [5, 5.41) is 10.4. The third-order valence-electron chi connectivity index (χ3n) is 4.01. The van der Waals surface area contributed by atoms with Crippen molar-refractivity contribution >= 4 is 30.4 Å². The second-order valence-corrected chi connectivity index (χ2v) is 7.75. The van der Waals surface area contributed by atoms with Gasteiger partial charge in [-0.25, -0.2) is 4.98 Å². The van der Waals surface area contributed by atoms with Crippen LogP contribution in [0.5, 0.6) is 5.88 Å². The van der Waals surface area contributed by atoms with Gasteiger partial charge in [-0.1, -0.05) is 0 Å². The number of fused-ring (bicyclic) bond motifs is 1. The molecule has 1 aliphatic carbocycles. The number of ether oxygens (including phenoxy) is 1. The first-order chi connectivity index (χ1) is 10.7. The van der Waals surface area contributed by atoms with Crippen LogP contribution >= 0.6 is 19.2 Å². The van der Waals surface area contributed by atoms with Gasteiger partial charge < -0.3 is 24.2 Å². The number of hydrogen-bond donors (Lipinski definition) is 3. The molecule has 2 aromatic rings. The molecule has 3 N–H and O–H groups in total. The Morgan fingerprint density at radius 2 is 2.26 bits per heavy atom. The van der Waals surface area contributed by atoms with Crippen molar-refractivity contribution in [3.8, 4) is 5.88 Å². The molecule has 126 valence electrons. The summed E-state index contributed by atoms with van der Waals surface area (Å²) >= 11 is 5.89. The predicted molar refractivity (Wildman–Crippen MR) is 81.6 cm³/mol. The van der Waals surface area contributed by atoms with Gasteiger partial charge >= 0.3 is 7.60 Å². The first kappa shape index (κ1) is 16.6. The molecule has 0 aliphatic heterocycles. The van der Waals surface area contributed by atoms with Crippen molar-refractivity contribution in [2.24, 2.45) is 0 Å². The smallest absolute Gasteiger partial charge is 0.328 e. The number of imidazole rings is 1. The Morgan fingerprint density at radius 3 is 2.91 bits per heavy atom. The van der Waals surface area contributed by atoms with Gasteiger partial charge in [-0.2, -0.15) is 9.97 Å². The summed E-state index contributed by atoms with van der Waals surface area (Å²) in [5.41, 5.74) is -0.490. The van der Waals surface area contributed by atoms with E-state index >= 15 is 0 Å². The fraction of sp³-hybridized carbons (Fsp3) is 0.583. The van der Waals surface area contributed by atoms with E-state index in [9.17, 15) is 9.67 Å². The highest BCUT2D eigenvalue weighted by molar-refractivity contribution is 7.51. The molecule has 9 nitrogen and oxygen atoms in total. The van der Waals surface area contributed by atoms with Gasteiger partial charge in [0.2, 0.25) is 11.2 Å². The van der Waals surface area contributed by atoms with Crippen LogP contribution in [-0.4, -0.2) is 53.3 Å². The Kier molecular flexibility index (Phi) is 4.10. The van der Waals surface area contributed by atoms with Crippen molar-refractivity contribution < 1.29 is 24.2 Å². The molecule has 0 unspecified atom stereocenters. The summed E-state index contributed by atoms with van der Waals surface area (Å²) in [6.07, 6.45) is 2.03. The zero-order valence-corrected chi connectivity index (χ0v) is 13.9. The molecular weight excluding hydrogens is 347 g/mol. The quantitative estimate of drug-likeness (QED) is 0.545. The van der Waals surface area contributed by atoms with E-state index in [1.165, 1.54) is 7.11 Å². The maximum atomic E-state index is 11.2. The van der Waals surface area contributed by atoms with E-state index in [0.29, 0.717) is 24.0 Å². The topological polar surface area (TPSA) is 131 Å². The fourth-order valence-corrected chi connectivity index (χ4v) is 4.33. The van der Waals surface area contributed by atoms with Crippen LogP contribution in [0.4, 0.5) is 0 Å². The lowest BCUT2D eigenvalue weighted by Crippen LogP contribution is -2.30. The molecule has 1 fully saturated rings. The molecule has 23 heavy (non-hydrogen) atoms.